The average Bonchev–Trinajstić information content (AvgIpc) is 2.83. The molecule has 7 heteroatoms. The molecule has 0 radical (unpaired) electrons. The Kier molecular flexibility index (Phi) is 4.85. The molecule has 0 fully saturated rings. The van der Waals surface area contributed by atoms with Gasteiger partial charge in [0, 0.05) is 12.4 Å². The predicted octanol–water partition coefficient (Wildman–Crippen LogP) is 3.76. The fourth-order valence-electron chi connectivity index (χ4n) is 2.18. The molecule has 0 saturated carbocycles. The van der Waals surface area contributed by atoms with Gasteiger partial charge in [-0.3, -0.25) is 4.79 Å². The smallest absolute Gasteiger partial charge is 0.330 e. The Bertz CT molecular complexity index is 640. The lowest BCUT2D eigenvalue weighted by atomic mass is 10.0. The summed E-state index contributed by atoms with van der Waals surface area (Å²) in [4.78, 5) is 17.0. The first-order chi connectivity index (χ1) is 10.3. The normalized spacial score (nSPS) is 13.0. The van der Waals surface area contributed by atoms with Gasteiger partial charge in [0.05, 0.1) is 17.1 Å². The van der Waals surface area contributed by atoms with Gasteiger partial charge in [-0.15, -0.1) is 11.3 Å². The number of hydrogen-bond acceptors (Lipinski definition) is 3. The Morgan fingerprint density at radius 1 is 1.32 bits per heavy atom. The van der Waals surface area contributed by atoms with Gasteiger partial charge < -0.3 is 4.90 Å². The zero-order valence-corrected chi connectivity index (χ0v) is 12.9. The summed E-state index contributed by atoms with van der Waals surface area (Å²) in [7, 11) is 1.17. The number of rotatable bonds is 4. The standard InChI is InChI=1S/C15H15F3N2OS/c1-10-19-12(9-22-10)8-13(21)20(2)14(15(16,17)18)11-6-4-3-5-7-11/h3-7,9,14H,8H2,1-2H3. The van der Waals surface area contributed by atoms with Gasteiger partial charge in [-0.2, -0.15) is 13.2 Å². The zero-order chi connectivity index (χ0) is 16.3. The number of alkyl halides is 3. The van der Waals surface area contributed by atoms with Gasteiger partial charge in [-0.1, -0.05) is 30.3 Å². The average molecular weight is 328 g/mol. The largest absolute Gasteiger partial charge is 0.413 e. The van der Waals surface area contributed by atoms with Crippen LogP contribution >= 0.6 is 11.3 Å². The summed E-state index contributed by atoms with van der Waals surface area (Å²) in [5.74, 6) is -0.614. The van der Waals surface area contributed by atoms with Crippen LogP contribution in [0, 0.1) is 6.92 Å². The Morgan fingerprint density at radius 2 is 1.95 bits per heavy atom. The van der Waals surface area contributed by atoms with Gasteiger partial charge in [0.2, 0.25) is 5.91 Å². The highest BCUT2D eigenvalue weighted by atomic mass is 32.1. The van der Waals surface area contributed by atoms with Crippen molar-refractivity contribution in [1.29, 1.82) is 0 Å². The van der Waals surface area contributed by atoms with E-state index in [1.54, 1.807) is 18.4 Å². The molecule has 2 aromatic rings. The first kappa shape index (κ1) is 16.5. The molecule has 1 unspecified atom stereocenters. The van der Waals surface area contributed by atoms with E-state index in [2.05, 4.69) is 4.98 Å². The number of aromatic nitrogens is 1. The molecular formula is C15H15F3N2OS. The molecule has 0 aliphatic carbocycles. The maximum atomic E-state index is 13.4. The zero-order valence-electron chi connectivity index (χ0n) is 12.1. The summed E-state index contributed by atoms with van der Waals surface area (Å²) < 4.78 is 40.1. The van der Waals surface area contributed by atoms with Crippen molar-refractivity contribution >= 4 is 17.2 Å². The molecule has 1 amide bonds. The minimum atomic E-state index is -4.54. The Balaban J connectivity index is 2.22. The van der Waals surface area contributed by atoms with Gasteiger partial charge in [-0.05, 0) is 12.5 Å². The highest BCUT2D eigenvalue weighted by molar-refractivity contribution is 7.09. The predicted molar refractivity (Wildman–Crippen MR) is 78.6 cm³/mol. The quantitative estimate of drug-likeness (QED) is 0.856. The van der Waals surface area contributed by atoms with Crippen molar-refractivity contribution < 1.29 is 18.0 Å². The van der Waals surface area contributed by atoms with Crippen LogP contribution in [-0.4, -0.2) is 29.0 Å². The Hall–Kier alpha value is -1.89. The van der Waals surface area contributed by atoms with Crippen molar-refractivity contribution in [1.82, 2.24) is 9.88 Å². The Labute approximate surface area is 130 Å². The number of carbonyl (C=O) groups excluding carboxylic acids is 1. The van der Waals surface area contributed by atoms with Crippen LogP contribution in [0.4, 0.5) is 13.2 Å². The second kappa shape index (κ2) is 6.48. The maximum Gasteiger partial charge on any atom is 0.413 e. The van der Waals surface area contributed by atoms with E-state index in [-0.39, 0.29) is 12.0 Å². The number of hydrogen-bond donors (Lipinski definition) is 0. The molecule has 0 spiro atoms. The molecule has 3 nitrogen and oxygen atoms in total. The second-order valence-corrected chi connectivity index (χ2v) is 5.96. The number of amides is 1. The number of halogens is 3. The Morgan fingerprint density at radius 3 is 2.45 bits per heavy atom. The number of likely N-dealkylation sites (N-methyl/N-ethyl adjacent to an activating group) is 1. The van der Waals surface area contributed by atoms with Crippen LogP contribution in [0.2, 0.25) is 0 Å². The van der Waals surface area contributed by atoms with E-state index in [0.29, 0.717) is 5.69 Å². The van der Waals surface area contributed by atoms with Gasteiger partial charge in [-0.25, -0.2) is 4.98 Å². The van der Waals surface area contributed by atoms with Crippen LogP contribution < -0.4 is 0 Å². The first-order valence-electron chi connectivity index (χ1n) is 6.57. The lowest BCUT2D eigenvalue weighted by molar-refractivity contribution is -0.188. The third-order valence-electron chi connectivity index (χ3n) is 3.20. The second-order valence-electron chi connectivity index (χ2n) is 4.89. The molecule has 1 atom stereocenters. The molecule has 0 bridgehead atoms. The molecule has 1 heterocycles. The van der Waals surface area contributed by atoms with Crippen LogP contribution in [0.15, 0.2) is 35.7 Å². The van der Waals surface area contributed by atoms with Crippen molar-refractivity contribution in [3.8, 4) is 0 Å². The van der Waals surface area contributed by atoms with Gasteiger partial charge in [0.1, 0.15) is 0 Å². The van der Waals surface area contributed by atoms with Gasteiger partial charge in [0.15, 0.2) is 6.04 Å². The fraction of sp³-hybridized carbons (Fsp3) is 0.333. The molecule has 0 aliphatic rings. The number of nitrogens with zero attached hydrogens (tertiary/aromatic N) is 2. The number of aryl methyl sites for hydroxylation is 1. The van der Waals surface area contributed by atoms with Gasteiger partial charge in [0.25, 0.3) is 0 Å². The molecule has 0 N–H and O–H groups in total. The summed E-state index contributed by atoms with van der Waals surface area (Å²) in [6.45, 7) is 1.78. The van der Waals surface area contributed by atoms with E-state index in [0.717, 1.165) is 9.91 Å². The van der Waals surface area contributed by atoms with Crippen molar-refractivity contribution in [2.24, 2.45) is 0 Å². The fourth-order valence-corrected chi connectivity index (χ4v) is 2.79. The molecule has 118 valence electrons. The molecule has 22 heavy (non-hydrogen) atoms. The number of benzene rings is 1. The van der Waals surface area contributed by atoms with E-state index in [4.69, 9.17) is 0 Å². The SMILES string of the molecule is Cc1nc(CC(=O)N(C)C(c2ccccc2)C(F)(F)F)cs1. The van der Waals surface area contributed by atoms with Crippen molar-refractivity contribution in [3.63, 3.8) is 0 Å². The topological polar surface area (TPSA) is 33.2 Å². The van der Waals surface area contributed by atoms with Crippen molar-refractivity contribution in [3.05, 3.63) is 52.0 Å². The van der Waals surface area contributed by atoms with Crippen LogP contribution in [0.1, 0.15) is 22.3 Å². The summed E-state index contributed by atoms with van der Waals surface area (Å²) in [6, 6.07) is 5.47. The van der Waals surface area contributed by atoms with E-state index in [9.17, 15) is 18.0 Å². The van der Waals surface area contributed by atoms with Crippen molar-refractivity contribution in [2.45, 2.75) is 25.6 Å². The maximum absolute atomic E-state index is 13.4. The first-order valence-corrected chi connectivity index (χ1v) is 7.45. The molecule has 1 aromatic carbocycles. The molecule has 0 aliphatic heterocycles. The highest BCUT2D eigenvalue weighted by Gasteiger charge is 2.45. The lowest BCUT2D eigenvalue weighted by Crippen LogP contribution is -2.40. The molecule has 0 saturated heterocycles. The monoisotopic (exact) mass is 328 g/mol. The lowest BCUT2D eigenvalue weighted by Gasteiger charge is -2.30. The number of carbonyl (C=O) groups is 1. The van der Waals surface area contributed by atoms with Crippen LogP contribution in [0.3, 0.4) is 0 Å². The molecule has 2 rings (SSSR count). The minimum absolute atomic E-state index is 0.0420. The summed E-state index contributed by atoms with van der Waals surface area (Å²) in [5, 5.41) is 2.47. The van der Waals surface area contributed by atoms with E-state index >= 15 is 0 Å². The number of thiazole rings is 1. The van der Waals surface area contributed by atoms with Gasteiger partial charge >= 0.3 is 6.18 Å². The van der Waals surface area contributed by atoms with E-state index in [1.807, 2.05) is 0 Å². The van der Waals surface area contributed by atoms with E-state index in [1.165, 1.54) is 42.6 Å². The van der Waals surface area contributed by atoms with E-state index < -0.39 is 18.1 Å². The highest BCUT2D eigenvalue weighted by Crippen LogP contribution is 2.37. The van der Waals surface area contributed by atoms with Crippen molar-refractivity contribution in [2.75, 3.05) is 7.05 Å². The summed E-state index contributed by atoms with van der Waals surface area (Å²) in [6.07, 6.45) is -4.68. The molecule has 1 aromatic heterocycles. The minimum Gasteiger partial charge on any atom is -0.330 e. The van der Waals surface area contributed by atoms with Crippen LogP contribution in [-0.2, 0) is 11.2 Å². The third kappa shape index (κ3) is 3.85. The summed E-state index contributed by atoms with van der Waals surface area (Å²) in [5.41, 5.74) is 0.536. The van der Waals surface area contributed by atoms with Crippen LogP contribution in [0.5, 0.6) is 0 Å². The van der Waals surface area contributed by atoms with Crippen LogP contribution in [0.25, 0.3) is 0 Å². The third-order valence-corrected chi connectivity index (χ3v) is 4.03. The summed E-state index contributed by atoms with van der Waals surface area (Å²) >= 11 is 1.36. The molecular weight excluding hydrogens is 313 g/mol.